The number of benzene rings is 3. The lowest BCUT2D eigenvalue weighted by Crippen LogP contribution is -2.42. The Morgan fingerprint density at radius 2 is 1.64 bits per heavy atom. The molecule has 3 aromatic rings. The van der Waals surface area contributed by atoms with Crippen LogP contribution in [0.3, 0.4) is 0 Å². The minimum Gasteiger partial charge on any atom is -0.497 e. The molecule has 1 heterocycles. The third-order valence-corrected chi connectivity index (χ3v) is 7.67. The van der Waals surface area contributed by atoms with Crippen LogP contribution in [0.2, 0.25) is 0 Å². The summed E-state index contributed by atoms with van der Waals surface area (Å²) in [4.78, 5) is 0.158. The molecule has 2 N–H and O–H groups in total. The van der Waals surface area contributed by atoms with Crippen LogP contribution < -0.4 is 19.7 Å². The fraction of sp³-hybridized carbons (Fsp3) is 0.208. The first-order valence-electron chi connectivity index (χ1n) is 10.4. The zero-order chi connectivity index (χ0) is 23.6. The van der Waals surface area contributed by atoms with Gasteiger partial charge >= 0.3 is 0 Å². The Hall–Kier alpha value is -3.17. The van der Waals surface area contributed by atoms with Crippen LogP contribution in [-0.4, -0.2) is 26.7 Å². The predicted molar refractivity (Wildman–Crippen MR) is 133 cm³/mol. The summed E-state index contributed by atoms with van der Waals surface area (Å²) in [5, 5.41) is 6.49. The number of nitrogens with zero attached hydrogens (tertiary/aromatic N) is 1. The molecule has 6 nitrogen and oxygen atoms in total. The summed E-state index contributed by atoms with van der Waals surface area (Å²) in [5.74, 6) is 0.377. The van der Waals surface area contributed by atoms with Gasteiger partial charge in [-0.3, -0.25) is 4.31 Å². The molecule has 4 rings (SSSR count). The standard InChI is InChI=1S/C24H24FN3O3S2/c1-16-3-4-17-15-18(25)5-14-23(17)28(16)33(29,30)22-12-8-20(9-13-22)27-24(32)26-19-6-10-21(31-2)11-7-19/h5-16H,3-4H2,1-2H3,(H2,26,27,32). The SMILES string of the molecule is COc1ccc(NC(=S)Nc2ccc(S(=O)(=O)N3c4ccc(F)cc4CCC3C)cc2)cc1. The second-order valence-electron chi connectivity index (χ2n) is 7.79. The number of hydrogen-bond acceptors (Lipinski definition) is 4. The van der Waals surface area contributed by atoms with Crippen LogP contribution in [0.4, 0.5) is 21.5 Å². The molecule has 3 aromatic carbocycles. The summed E-state index contributed by atoms with van der Waals surface area (Å²) < 4.78 is 47.1. The highest BCUT2D eigenvalue weighted by Gasteiger charge is 2.33. The molecule has 0 bridgehead atoms. The lowest BCUT2D eigenvalue weighted by molar-refractivity contribution is 0.415. The van der Waals surface area contributed by atoms with E-state index in [9.17, 15) is 12.8 Å². The van der Waals surface area contributed by atoms with Gasteiger partial charge in [0.1, 0.15) is 11.6 Å². The number of sulfonamides is 1. The topological polar surface area (TPSA) is 70.7 Å². The molecule has 0 aliphatic carbocycles. The van der Waals surface area contributed by atoms with Crippen LogP contribution in [0.15, 0.2) is 71.6 Å². The van der Waals surface area contributed by atoms with Gasteiger partial charge in [0.25, 0.3) is 10.0 Å². The van der Waals surface area contributed by atoms with Gasteiger partial charge in [0.05, 0.1) is 17.7 Å². The van der Waals surface area contributed by atoms with Gasteiger partial charge < -0.3 is 15.4 Å². The van der Waals surface area contributed by atoms with E-state index in [2.05, 4.69) is 10.6 Å². The molecular formula is C24H24FN3O3S2. The molecule has 1 aliphatic rings. The van der Waals surface area contributed by atoms with Gasteiger partial charge in [-0.1, -0.05) is 0 Å². The quantitative estimate of drug-likeness (QED) is 0.486. The van der Waals surface area contributed by atoms with Crippen molar-refractivity contribution in [3.05, 3.63) is 78.1 Å². The smallest absolute Gasteiger partial charge is 0.264 e. The highest BCUT2D eigenvalue weighted by molar-refractivity contribution is 7.92. The maximum absolute atomic E-state index is 13.7. The van der Waals surface area contributed by atoms with Crippen molar-refractivity contribution in [1.82, 2.24) is 0 Å². The first-order valence-corrected chi connectivity index (χ1v) is 12.3. The van der Waals surface area contributed by atoms with E-state index >= 15 is 0 Å². The van der Waals surface area contributed by atoms with Gasteiger partial charge in [0.15, 0.2) is 5.11 Å². The first-order chi connectivity index (χ1) is 15.8. The van der Waals surface area contributed by atoms with Gasteiger partial charge in [0, 0.05) is 17.4 Å². The molecule has 0 radical (unpaired) electrons. The van der Waals surface area contributed by atoms with E-state index in [0.717, 1.165) is 11.4 Å². The number of fused-ring (bicyclic) bond motifs is 1. The predicted octanol–water partition coefficient (Wildman–Crippen LogP) is 5.17. The van der Waals surface area contributed by atoms with Gasteiger partial charge in [0.2, 0.25) is 0 Å². The van der Waals surface area contributed by atoms with E-state index in [0.29, 0.717) is 34.9 Å². The summed E-state index contributed by atoms with van der Waals surface area (Å²) in [5.41, 5.74) is 2.67. The van der Waals surface area contributed by atoms with Crippen molar-refractivity contribution in [3.63, 3.8) is 0 Å². The van der Waals surface area contributed by atoms with E-state index in [1.54, 1.807) is 19.2 Å². The van der Waals surface area contributed by atoms with Crippen LogP contribution in [0.25, 0.3) is 0 Å². The lowest BCUT2D eigenvalue weighted by atomic mass is 9.99. The number of halogens is 1. The number of ether oxygens (including phenoxy) is 1. The first kappa shape index (κ1) is 23.0. The van der Waals surface area contributed by atoms with Crippen molar-refractivity contribution in [2.75, 3.05) is 22.0 Å². The van der Waals surface area contributed by atoms with E-state index in [-0.39, 0.29) is 16.8 Å². The summed E-state index contributed by atoms with van der Waals surface area (Å²) in [7, 11) is -2.21. The number of aryl methyl sites for hydroxylation is 1. The number of rotatable bonds is 5. The molecule has 0 aromatic heterocycles. The Balaban J connectivity index is 1.50. The number of thiocarbonyl (C=S) groups is 1. The highest BCUT2D eigenvalue weighted by atomic mass is 32.2. The third kappa shape index (κ3) is 4.94. The van der Waals surface area contributed by atoms with Gasteiger partial charge in [-0.15, -0.1) is 0 Å². The summed E-state index contributed by atoms with van der Waals surface area (Å²) in [6.45, 7) is 1.86. The summed E-state index contributed by atoms with van der Waals surface area (Å²) in [6, 6.07) is 17.7. The van der Waals surface area contributed by atoms with Crippen molar-refractivity contribution >= 4 is 44.4 Å². The number of methoxy groups -OCH3 is 1. The van der Waals surface area contributed by atoms with Crippen molar-refractivity contribution in [2.24, 2.45) is 0 Å². The van der Waals surface area contributed by atoms with Gasteiger partial charge in [-0.25, -0.2) is 12.8 Å². The van der Waals surface area contributed by atoms with Crippen LogP contribution in [0.5, 0.6) is 5.75 Å². The maximum atomic E-state index is 13.7. The second-order valence-corrected chi connectivity index (χ2v) is 10.0. The van der Waals surface area contributed by atoms with E-state index < -0.39 is 10.0 Å². The Kier molecular flexibility index (Phi) is 6.53. The lowest BCUT2D eigenvalue weighted by Gasteiger charge is -2.36. The molecule has 1 aliphatic heterocycles. The Morgan fingerprint density at radius 1 is 1.03 bits per heavy atom. The Morgan fingerprint density at radius 3 is 2.24 bits per heavy atom. The van der Waals surface area contributed by atoms with Crippen molar-refractivity contribution in [3.8, 4) is 5.75 Å². The summed E-state index contributed by atoms with van der Waals surface area (Å²) in [6.07, 6.45) is 1.27. The number of anilines is 3. The molecule has 1 atom stereocenters. The Labute approximate surface area is 198 Å². The normalized spacial score (nSPS) is 15.5. The zero-order valence-corrected chi connectivity index (χ0v) is 19.8. The fourth-order valence-electron chi connectivity index (χ4n) is 3.85. The van der Waals surface area contributed by atoms with Crippen molar-refractivity contribution < 1.29 is 17.5 Å². The van der Waals surface area contributed by atoms with Crippen LogP contribution in [-0.2, 0) is 16.4 Å². The fourth-order valence-corrected chi connectivity index (χ4v) is 5.81. The van der Waals surface area contributed by atoms with Gasteiger partial charge in [-0.2, -0.15) is 0 Å². The number of nitrogens with one attached hydrogen (secondary N) is 2. The molecule has 0 amide bonds. The monoisotopic (exact) mass is 485 g/mol. The van der Waals surface area contributed by atoms with E-state index in [4.69, 9.17) is 17.0 Å². The average Bonchev–Trinajstić information content (AvgIpc) is 2.79. The minimum atomic E-state index is -3.82. The van der Waals surface area contributed by atoms with Crippen LogP contribution in [0, 0.1) is 5.82 Å². The molecule has 0 saturated carbocycles. The maximum Gasteiger partial charge on any atom is 0.264 e. The van der Waals surface area contributed by atoms with Crippen molar-refractivity contribution in [2.45, 2.75) is 30.7 Å². The van der Waals surface area contributed by atoms with Crippen molar-refractivity contribution in [1.29, 1.82) is 0 Å². The van der Waals surface area contributed by atoms with Crippen LogP contribution >= 0.6 is 12.2 Å². The Bertz CT molecular complexity index is 1260. The van der Waals surface area contributed by atoms with Gasteiger partial charge in [-0.05, 0) is 104 Å². The molecule has 0 spiro atoms. The summed E-state index contributed by atoms with van der Waals surface area (Å²) >= 11 is 5.35. The number of hydrogen-bond donors (Lipinski definition) is 2. The van der Waals surface area contributed by atoms with E-state index in [1.807, 2.05) is 31.2 Å². The zero-order valence-electron chi connectivity index (χ0n) is 18.2. The molecular weight excluding hydrogens is 461 g/mol. The minimum absolute atomic E-state index is 0.158. The molecule has 0 fully saturated rings. The highest BCUT2D eigenvalue weighted by Crippen LogP contribution is 2.36. The molecule has 9 heteroatoms. The largest absolute Gasteiger partial charge is 0.497 e. The molecule has 172 valence electrons. The van der Waals surface area contributed by atoms with E-state index in [1.165, 1.54) is 34.6 Å². The molecule has 0 saturated heterocycles. The molecule has 1 unspecified atom stereocenters. The van der Waals surface area contributed by atoms with Crippen LogP contribution in [0.1, 0.15) is 18.9 Å². The third-order valence-electron chi connectivity index (χ3n) is 5.53. The second kappa shape index (κ2) is 9.36. The average molecular weight is 486 g/mol. The molecule has 33 heavy (non-hydrogen) atoms.